The van der Waals surface area contributed by atoms with E-state index in [0.29, 0.717) is 0 Å². The molecule has 0 saturated carbocycles. The van der Waals surface area contributed by atoms with Crippen molar-refractivity contribution >= 4 is 11.0 Å². The van der Waals surface area contributed by atoms with E-state index in [1.165, 1.54) is 98.1 Å². The van der Waals surface area contributed by atoms with Crippen LogP contribution >= 0.6 is 0 Å². The van der Waals surface area contributed by atoms with Gasteiger partial charge in [-0.1, -0.05) is 20.3 Å². The van der Waals surface area contributed by atoms with Crippen molar-refractivity contribution in [1.82, 2.24) is 14.5 Å². The van der Waals surface area contributed by atoms with E-state index < -0.39 is 0 Å². The van der Waals surface area contributed by atoms with Crippen LogP contribution in [0.2, 0.25) is 0 Å². The number of hydrogen-bond donors (Lipinski definition) is 0. The van der Waals surface area contributed by atoms with E-state index in [1.54, 1.807) is 5.56 Å². The largest absolute Gasteiger partial charge is 0.330 e. The van der Waals surface area contributed by atoms with Crippen molar-refractivity contribution in [2.24, 2.45) is 0 Å². The first-order valence-electron chi connectivity index (χ1n) is 11.3. The summed E-state index contributed by atoms with van der Waals surface area (Å²) >= 11 is 0. The van der Waals surface area contributed by atoms with E-state index in [4.69, 9.17) is 4.98 Å². The number of rotatable bonds is 8. The minimum Gasteiger partial charge on any atom is -0.330 e. The Balaban J connectivity index is 1.88. The molecule has 27 heavy (non-hydrogen) atoms. The summed E-state index contributed by atoms with van der Waals surface area (Å²) < 4.78 is 2.51. The van der Waals surface area contributed by atoms with Gasteiger partial charge >= 0.3 is 0 Å². The molecule has 150 valence electrons. The highest BCUT2D eigenvalue weighted by atomic mass is 15.1. The molecule has 0 aromatic carbocycles. The van der Waals surface area contributed by atoms with Crippen LogP contribution < -0.4 is 0 Å². The highest BCUT2D eigenvalue weighted by molar-refractivity contribution is 5.86. The first-order chi connectivity index (χ1) is 13.1. The Kier molecular flexibility index (Phi) is 6.97. The molecular formula is C24H39N3. The fourth-order valence-corrected chi connectivity index (χ4v) is 4.98. The van der Waals surface area contributed by atoms with Crippen LogP contribution in [0.3, 0.4) is 0 Å². The molecule has 0 N–H and O–H groups in total. The molecule has 0 saturated heterocycles. The van der Waals surface area contributed by atoms with Crippen LogP contribution in [-0.2, 0) is 19.4 Å². The van der Waals surface area contributed by atoms with Crippen LogP contribution in [0.25, 0.3) is 11.0 Å². The summed E-state index contributed by atoms with van der Waals surface area (Å²) in [5.74, 6) is 0. The molecule has 0 aliphatic heterocycles. The predicted molar refractivity (Wildman–Crippen MR) is 117 cm³/mol. The van der Waals surface area contributed by atoms with Gasteiger partial charge in [-0.15, -0.1) is 0 Å². The maximum absolute atomic E-state index is 5.24. The number of hydrogen-bond acceptors (Lipinski definition) is 2. The van der Waals surface area contributed by atoms with Gasteiger partial charge in [0.25, 0.3) is 0 Å². The Morgan fingerprint density at radius 2 is 1.59 bits per heavy atom. The number of aryl methyl sites for hydroxylation is 4. The third-order valence-electron chi connectivity index (χ3n) is 6.49. The van der Waals surface area contributed by atoms with Crippen molar-refractivity contribution in [2.45, 2.75) is 92.5 Å². The molecule has 0 fully saturated rings. The maximum Gasteiger partial charge on any atom is 0.140 e. The molecule has 0 amide bonds. The molecule has 0 bridgehead atoms. The summed E-state index contributed by atoms with van der Waals surface area (Å²) in [4.78, 5) is 7.86. The molecule has 1 aliphatic carbocycles. The lowest BCUT2D eigenvalue weighted by Crippen LogP contribution is -2.27. The molecule has 2 aromatic heterocycles. The van der Waals surface area contributed by atoms with Crippen molar-refractivity contribution < 1.29 is 0 Å². The Labute approximate surface area is 166 Å². The summed E-state index contributed by atoms with van der Waals surface area (Å²) in [6, 6.07) is 0. The van der Waals surface area contributed by atoms with Gasteiger partial charge in [0.2, 0.25) is 0 Å². The second-order valence-electron chi connectivity index (χ2n) is 8.48. The second kappa shape index (κ2) is 9.23. The van der Waals surface area contributed by atoms with Gasteiger partial charge in [-0.2, -0.15) is 0 Å². The normalized spacial score (nSPS) is 14.7. The fourth-order valence-electron chi connectivity index (χ4n) is 4.98. The highest BCUT2D eigenvalue weighted by Crippen LogP contribution is 2.33. The predicted octanol–water partition coefficient (Wildman–Crippen LogP) is 5.74. The number of fused-ring (bicyclic) bond motifs is 2. The van der Waals surface area contributed by atoms with Gasteiger partial charge < -0.3 is 9.47 Å². The third-order valence-corrected chi connectivity index (χ3v) is 6.49. The molecule has 1 aliphatic rings. The molecule has 3 nitrogen and oxygen atoms in total. The fraction of sp³-hybridized carbons (Fsp3) is 0.708. The average Bonchev–Trinajstić information content (AvgIpc) is 2.82. The van der Waals surface area contributed by atoms with Gasteiger partial charge in [-0.25, -0.2) is 4.98 Å². The molecule has 0 unspecified atom stereocenters. The molecule has 0 radical (unpaired) electrons. The van der Waals surface area contributed by atoms with E-state index in [9.17, 15) is 0 Å². The summed E-state index contributed by atoms with van der Waals surface area (Å²) in [6.45, 7) is 16.2. The third kappa shape index (κ3) is 4.23. The minimum atomic E-state index is 1.09. The van der Waals surface area contributed by atoms with E-state index >= 15 is 0 Å². The number of nitrogens with zero attached hydrogens (tertiary/aromatic N) is 3. The van der Waals surface area contributed by atoms with Crippen molar-refractivity contribution in [2.75, 3.05) is 19.6 Å². The SMILES string of the molecule is CCCN(CCC)CCCn1c(C)c(C)c2c(C)c3c(nc21)CCCCC3. The molecule has 0 spiro atoms. The van der Waals surface area contributed by atoms with Crippen LogP contribution in [-0.4, -0.2) is 34.1 Å². The smallest absolute Gasteiger partial charge is 0.140 e. The van der Waals surface area contributed by atoms with Crippen LogP contribution in [0.1, 0.15) is 80.5 Å². The minimum absolute atomic E-state index is 1.09. The first-order valence-corrected chi connectivity index (χ1v) is 11.3. The average molecular weight is 370 g/mol. The molecule has 3 rings (SSSR count). The lowest BCUT2D eigenvalue weighted by molar-refractivity contribution is 0.266. The summed E-state index contributed by atoms with van der Waals surface area (Å²) in [7, 11) is 0. The lowest BCUT2D eigenvalue weighted by atomic mass is 9.98. The molecular weight excluding hydrogens is 330 g/mol. The second-order valence-corrected chi connectivity index (χ2v) is 8.48. The van der Waals surface area contributed by atoms with E-state index in [1.807, 2.05) is 0 Å². The van der Waals surface area contributed by atoms with Gasteiger partial charge in [-0.05, 0) is 102 Å². The van der Waals surface area contributed by atoms with Crippen LogP contribution in [0.4, 0.5) is 0 Å². The van der Waals surface area contributed by atoms with Crippen molar-refractivity contribution in [3.05, 3.63) is 28.1 Å². The Morgan fingerprint density at radius 1 is 0.889 bits per heavy atom. The Morgan fingerprint density at radius 3 is 2.30 bits per heavy atom. The lowest BCUT2D eigenvalue weighted by Gasteiger charge is -2.21. The topological polar surface area (TPSA) is 21.1 Å². The van der Waals surface area contributed by atoms with Gasteiger partial charge in [-0.3, -0.25) is 0 Å². The van der Waals surface area contributed by atoms with Gasteiger partial charge in [0.05, 0.1) is 0 Å². The maximum atomic E-state index is 5.24. The summed E-state index contributed by atoms with van der Waals surface area (Å²) in [5.41, 5.74) is 8.56. The monoisotopic (exact) mass is 369 g/mol. The zero-order valence-corrected chi connectivity index (χ0v) is 18.3. The Hall–Kier alpha value is -1.35. The van der Waals surface area contributed by atoms with E-state index in [2.05, 4.69) is 44.1 Å². The van der Waals surface area contributed by atoms with E-state index in [0.717, 1.165) is 13.0 Å². The van der Waals surface area contributed by atoms with Crippen LogP contribution in [0.15, 0.2) is 0 Å². The first kappa shape index (κ1) is 20.4. The van der Waals surface area contributed by atoms with Gasteiger partial charge in [0.15, 0.2) is 0 Å². The summed E-state index contributed by atoms with van der Waals surface area (Å²) in [5, 5.41) is 1.44. The molecule has 2 heterocycles. The number of pyridine rings is 1. The quantitative estimate of drug-likeness (QED) is 0.553. The van der Waals surface area contributed by atoms with Crippen LogP contribution in [0, 0.1) is 20.8 Å². The van der Waals surface area contributed by atoms with Gasteiger partial charge in [0.1, 0.15) is 5.65 Å². The zero-order chi connectivity index (χ0) is 19.4. The van der Waals surface area contributed by atoms with Crippen LogP contribution in [0.5, 0.6) is 0 Å². The summed E-state index contributed by atoms with van der Waals surface area (Å²) in [6.07, 6.45) is 10.1. The Bertz CT molecular complexity index is 766. The van der Waals surface area contributed by atoms with Gasteiger partial charge in [0, 0.05) is 23.3 Å². The molecule has 3 heteroatoms. The molecule has 0 atom stereocenters. The van der Waals surface area contributed by atoms with Crippen molar-refractivity contribution in [3.8, 4) is 0 Å². The van der Waals surface area contributed by atoms with E-state index in [-0.39, 0.29) is 0 Å². The van der Waals surface area contributed by atoms with Crippen molar-refractivity contribution in [1.29, 1.82) is 0 Å². The standard InChI is InChI=1S/C24H39N3/c1-6-14-26(15-7-2)16-11-17-27-20(5)18(3)23-19(4)21-12-9-8-10-13-22(21)25-24(23)27/h6-17H2,1-5H3. The molecule has 2 aromatic rings. The highest BCUT2D eigenvalue weighted by Gasteiger charge is 2.20. The van der Waals surface area contributed by atoms with Crippen molar-refractivity contribution in [3.63, 3.8) is 0 Å². The zero-order valence-electron chi connectivity index (χ0n) is 18.3. The number of aromatic nitrogens is 2.